The van der Waals surface area contributed by atoms with Gasteiger partial charge in [-0.05, 0) is 37.2 Å². The van der Waals surface area contributed by atoms with Gasteiger partial charge in [-0.2, -0.15) is 0 Å². The number of hydrogen-bond donors (Lipinski definition) is 1. The Bertz CT molecular complexity index is 720. The smallest absolute Gasteiger partial charge is 0.225 e. The fourth-order valence-corrected chi connectivity index (χ4v) is 3.81. The quantitative estimate of drug-likeness (QED) is 0.735. The molecule has 2 aliphatic rings. The number of amides is 1. The molecule has 0 aromatic carbocycles. The number of carbonyl (C=O) groups is 1. The highest BCUT2D eigenvalue weighted by molar-refractivity contribution is 5.90. The summed E-state index contributed by atoms with van der Waals surface area (Å²) < 4.78 is 13.6. The number of carbonyl (C=O) groups excluding carboxylic acids is 1. The van der Waals surface area contributed by atoms with Crippen molar-refractivity contribution in [3.8, 4) is 0 Å². The number of hydrogen-bond acceptors (Lipinski definition) is 3. The second kappa shape index (κ2) is 9.25. The highest BCUT2D eigenvalue weighted by atomic mass is 19.1. The van der Waals surface area contributed by atoms with Crippen LogP contribution in [0.5, 0.6) is 0 Å². The van der Waals surface area contributed by atoms with Crippen LogP contribution in [0.25, 0.3) is 5.57 Å². The third-order valence-corrected chi connectivity index (χ3v) is 5.23. The monoisotopic (exact) mass is 371 g/mol. The van der Waals surface area contributed by atoms with Crippen molar-refractivity contribution in [2.75, 3.05) is 5.32 Å². The molecule has 3 rings (SSSR count). The summed E-state index contributed by atoms with van der Waals surface area (Å²) in [6.07, 6.45) is 13.7. The normalized spacial score (nSPS) is 21.0. The van der Waals surface area contributed by atoms with E-state index in [9.17, 15) is 9.18 Å². The van der Waals surface area contributed by atoms with Crippen LogP contribution in [0.3, 0.4) is 0 Å². The first kappa shape index (κ1) is 19.7. The van der Waals surface area contributed by atoms with Gasteiger partial charge in [-0.1, -0.05) is 51.3 Å². The summed E-state index contributed by atoms with van der Waals surface area (Å²) in [5.41, 5.74) is 2.57. The molecule has 1 N–H and O–H groups in total. The van der Waals surface area contributed by atoms with Crippen molar-refractivity contribution in [2.24, 2.45) is 5.92 Å². The molecule has 27 heavy (non-hydrogen) atoms. The van der Waals surface area contributed by atoms with Gasteiger partial charge in [0.2, 0.25) is 5.91 Å². The first-order valence-electron chi connectivity index (χ1n) is 10.2. The van der Waals surface area contributed by atoms with Crippen molar-refractivity contribution in [1.82, 2.24) is 9.97 Å². The van der Waals surface area contributed by atoms with Crippen LogP contribution < -0.4 is 5.32 Å². The van der Waals surface area contributed by atoms with E-state index in [0.717, 1.165) is 29.8 Å². The van der Waals surface area contributed by atoms with Crippen LogP contribution in [0, 0.1) is 5.92 Å². The maximum absolute atomic E-state index is 13.6. The van der Waals surface area contributed by atoms with Gasteiger partial charge in [0.25, 0.3) is 0 Å². The Morgan fingerprint density at radius 1 is 1.26 bits per heavy atom. The Labute approximate surface area is 161 Å². The maximum Gasteiger partial charge on any atom is 0.225 e. The number of rotatable bonds is 5. The molecule has 2 aliphatic carbocycles. The van der Waals surface area contributed by atoms with E-state index in [4.69, 9.17) is 4.98 Å². The van der Waals surface area contributed by atoms with Crippen LogP contribution in [-0.4, -0.2) is 22.0 Å². The lowest BCUT2D eigenvalue weighted by molar-refractivity contribution is -0.116. The molecule has 146 valence electrons. The second-order valence-corrected chi connectivity index (χ2v) is 8.08. The van der Waals surface area contributed by atoms with Gasteiger partial charge >= 0.3 is 0 Å². The number of allylic oxidation sites excluding steroid dienone is 4. The molecule has 1 aromatic rings. The number of alkyl halides is 1. The molecule has 0 saturated heterocycles. The third kappa shape index (κ3) is 5.47. The molecular weight excluding hydrogens is 341 g/mol. The largest absolute Gasteiger partial charge is 0.309 e. The van der Waals surface area contributed by atoms with Gasteiger partial charge in [0.15, 0.2) is 5.82 Å². The van der Waals surface area contributed by atoms with Crippen LogP contribution >= 0.6 is 0 Å². The summed E-state index contributed by atoms with van der Waals surface area (Å²) >= 11 is 0. The molecule has 1 heterocycles. The van der Waals surface area contributed by atoms with Crippen molar-refractivity contribution in [2.45, 2.75) is 77.3 Å². The maximum atomic E-state index is 13.6. The van der Waals surface area contributed by atoms with Crippen molar-refractivity contribution < 1.29 is 9.18 Å². The second-order valence-electron chi connectivity index (χ2n) is 8.08. The molecule has 1 unspecified atom stereocenters. The van der Waals surface area contributed by atoms with Crippen molar-refractivity contribution in [1.29, 1.82) is 0 Å². The minimum atomic E-state index is -0.904. The zero-order chi connectivity index (χ0) is 19.2. The molecule has 1 fully saturated rings. The van der Waals surface area contributed by atoms with Gasteiger partial charge < -0.3 is 5.32 Å². The van der Waals surface area contributed by atoms with E-state index in [1.54, 1.807) is 12.3 Å². The number of nitrogens with zero attached hydrogens (tertiary/aromatic N) is 2. The van der Waals surface area contributed by atoms with E-state index in [1.165, 1.54) is 19.3 Å². The van der Waals surface area contributed by atoms with Gasteiger partial charge in [0.05, 0.1) is 17.6 Å². The number of halogens is 1. The van der Waals surface area contributed by atoms with Crippen LogP contribution in [0.1, 0.15) is 82.5 Å². The average molecular weight is 372 g/mol. The molecule has 0 aliphatic heterocycles. The molecular formula is C22H30FN3O. The summed E-state index contributed by atoms with van der Waals surface area (Å²) in [5, 5.41) is 2.98. The number of aromatic nitrogens is 2. The Morgan fingerprint density at radius 3 is 2.78 bits per heavy atom. The Morgan fingerprint density at radius 2 is 2.04 bits per heavy atom. The molecule has 4 nitrogen and oxygen atoms in total. The lowest BCUT2D eigenvalue weighted by Crippen LogP contribution is -2.19. The Kier molecular flexibility index (Phi) is 6.75. The number of nitrogens with one attached hydrogen (secondary N) is 1. The van der Waals surface area contributed by atoms with E-state index >= 15 is 0 Å². The molecule has 1 atom stereocenters. The van der Waals surface area contributed by atoms with Crippen molar-refractivity contribution in [3.05, 3.63) is 35.8 Å². The van der Waals surface area contributed by atoms with Gasteiger partial charge in [-0.3, -0.25) is 4.79 Å². The molecule has 5 heteroatoms. The predicted molar refractivity (Wildman–Crippen MR) is 107 cm³/mol. The summed E-state index contributed by atoms with van der Waals surface area (Å²) in [4.78, 5) is 21.7. The molecule has 1 saturated carbocycles. The zero-order valence-corrected chi connectivity index (χ0v) is 16.4. The van der Waals surface area contributed by atoms with Gasteiger partial charge in [0, 0.05) is 12.3 Å². The molecule has 0 bridgehead atoms. The minimum absolute atomic E-state index is 0.0158. The standard InChI is InChI=1S/C22H30FN3O/c1-15(2)13-20(27)26-22-21(17-7-4-3-5-8-17)25-19(14-24-22)16-9-6-10-18(23)12-11-16/h9,11-12,14-15,17-18H,3-8,10,13H2,1-2H3,(H,24,26,27). The first-order chi connectivity index (χ1) is 13.0. The lowest BCUT2D eigenvalue weighted by Gasteiger charge is -2.23. The van der Waals surface area contributed by atoms with Crippen molar-refractivity contribution in [3.63, 3.8) is 0 Å². The van der Waals surface area contributed by atoms with Crippen LogP contribution in [0.2, 0.25) is 0 Å². The van der Waals surface area contributed by atoms with Gasteiger partial charge in [0.1, 0.15) is 6.17 Å². The Balaban J connectivity index is 1.90. The molecule has 0 spiro atoms. The summed E-state index contributed by atoms with van der Waals surface area (Å²) in [6.45, 7) is 4.05. The third-order valence-electron chi connectivity index (χ3n) is 5.23. The summed E-state index contributed by atoms with van der Waals surface area (Å²) in [7, 11) is 0. The average Bonchev–Trinajstić information content (AvgIpc) is 2.87. The first-order valence-corrected chi connectivity index (χ1v) is 10.2. The predicted octanol–water partition coefficient (Wildman–Crippen LogP) is 5.58. The van der Waals surface area contributed by atoms with Crippen LogP contribution in [0.4, 0.5) is 10.2 Å². The van der Waals surface area contributed by atoms with Gasteiger partial charge in [-0.25, -0.2) is 14.4 Å². The minimum Gasteiger partial charge on any atom is -0.309 e. The van der Waals surface area contributed by atoms with Crippen LogP contribution in [-0.2, 0) is 4.79 Å². The fraction of sp³-hybridized carbons (Fsp3) is 0.591. The zero-order valence-electron chi connectivity index (χ0n) is 16.4. The SMILES string of the molecule is CC(C)CC(=O)Nc1ncc(C2=CCCC(F)C=C2)nc1C1CCCCC1. The van der Waals surface area contributed by atoms with Crippen LogP contribution in [0.15, 0.2) is 24.4 Å². The molecule has 1 aromatic heterocycles. The van der Waals surface area contributed by atoms with E-state index in [1.807, 2.05) is 26.0 Å². The van der Waals surface area contributed by atoms with Crippen molar-refractivity contribution >= 4 is 17.3 Å². The molecule has 1 amide bonds. The molecule has 0 radical (unpaired) electrons. The topological polar surface area (TPSA) is 54.9 Å². The van der Waals surface area contributed by atoms with E-state index < -0.39 is 6.17 Å². The van der Waals surface area contributed by atoms with E-state index in [2.05, 4.69) is 10.3 Å². The highest BCUT2D eigenvalue weighted by Gasteiger charge is 2.23. The Hall–Kier alpha value is -2.04. The van der Waals surface area contributed by atoms with E-state index in [0.29, 0.717) is 36.9 Å². The fourth-order valence-electron chi connectivity index (χ4n) is 3.81. The lowest BCUT2D eigenvalue weighted by atomic mass is 9.86. The summed E-state index contributed by atoms with van der Waals surface area (Å²) in [6, 6.07) is 0. The van der Waals surface area contributed by atoms with E-state index in [-0.39, 0.29) is 5.91 Å². The summed E-state index contributed by atoms with van der Waals surface area (Å²) in [5.74, 6) is 1.20. The van der Waals surface area contributed by atoms with Gasteiger partial charge in [-0.15, -0.1) is 0 Å². The highest BCUT2D eigenvalue weighted by Crippen LogP contribution is 2.35. The number of anilines is 1.